The lowest BCUT2D eigenvalue weighted by Gasteiger charge is -2.20. The summed E-state index contributed by atoms with van der Waals surface area (Å²) in [4.78, 5) is 24.9. The van der Waals surface area contributed by atoms with Crippen molar-refractivity contribution in [3.8, 4) is 0 Å². The van der Waals surface area contributed by atoms with Crippen LogP contribution < -0.4 is 5.56 Å². The maximum Gasteiger partial charge on any atom is 0.279 e. The Morgan fingerprint density at radius 2 is 1.50 bits per heavy atom. The van der Waals surface area contributed by atoms with E-state index in [2.05, 4.69) is 23.7 Å². The van der Waals surface area contributed by atoms with E-state index >= 15 is 0 Å². The van der Waals surface area contributed by atoms with Crippen LogP contribution in [0, 0.1) is 0 Å². The smallest absolute Gasteiger partial charge is 0.279 e. The van der Waals surface area contributed by atoms with Gasteiger partial charge in [-0.25, -0.2) is 9.97 Å². The lowest BCUT2D eigenvalue weighted by molar-refractivity contribution is 0.291. The van der Waals surface area contributed by atoms with Crippen molar-refractivity contribution in [3.05, 3.63) is 58.9 Å². The maximum absolute atomic E-state index is 13.2. The molecule has 132 valence electrons. The fourth-order valence-electron chi connectivity index (χ4n) is 3.49. The molecule has 0 atom stereocenters. The van der Waals surface area contributed by atoms with Crippen LogP contribution in [0.3, 0.4) is 0 Å². The van der Waals surface area contributed by atoms with E-state index in [0.29, 0.717) is 17.6 Å². The van der Waals surface area contributed by atoms with E-state index in [1.165, 1.54) is 0 Å². The third kappa shape index (κ3) is 2.74. The molecule has 0 bridgehead atoms. The van der Waals surface area contributed by atoms with Gasteiger partial charge in [-0.05, 0) is 31.3 Å². The average molecular weight is 346 g/mol. The van der Waals surface area contributed by atoms with Crippen molar-refractivity contribution in [2.75, 3.05) is 19.6 Å². The molecule has 26 heavy (non-hydrogen) atoms. The largest absolute Gasteiger partial charge is 0.305 e. The minimum Gasteiger partial charge on any atom is -0.305 e. The molecule has 0 amide bonds. The first-order chi connectivity index (χ1) is 12.7. The lowest BCUT2D eigenvalue weighted by atomic mass is 10.1. The Bertz CT molecular complexity index is 1150. The monoisotopic (exact) mass is 346 g/mol. The Balaban J connectivity index is 1.99. The molecule has 0 spiro atoms. The van der Waals surface area contributed by atoms with Crippen LogP contribution in [0.25, 0.3) is 33.0 Å². The van der Waals surface area contributed by atoms with E-state index in [4.69, 9.17) is 4.98 Å². The van der Waals surface area contributed by atoms with Crippen LogP contribution in [-0.2, 0) is 6.54 Å². The Hall–Kier alpha value is -2.79. The molecule has 0 radical (unpaired) electrons. The third-order valence-electron chi connectivity index (χ3n) is 5.00. The number of fused-ring (bicyclic) bond motifs is 4. The van der Waals surface area contributed by atoms with E-state index in [1.54, 1.807) is 0 Å². The Labute approximate surface area is 151 Å². The summed E-state index contributed by atoms with van der Waals surface area (Å²) >= 11 is 0. The number of rotatable bonds is 5. The molecule has 2 heterocycles. The summed E-state index contributed by atoms with van der Waals surface area (Å²) in [6.45, 7) is 7.71. The Kier molecular flexibility index (Phi) is 4.39. The van der Waals surface area contributed by atoms with Crippen molar-refractivity contribution in [2.24, 2.45) is 0 Å². The fourth-order valence-corrected chi connectivity index (χ4v) is 3.49. The topological polar surface area (TPSA) is 51.0 Å². The molecule has 0 unspecified atom stereocenters. The highest BCUT2D eigenvalue weighted by Gasteiger charge is 2.14. The summed E-state index contributed by atoms with van der Waals surface area (Å²) in [5.41, 5.74) is 3.55. The zero-order valence-electron chi connectivity index (χ0n) is 15.1. The van der Waals surface area contributed by atoms with Gasteiger partial charge in [0.25, 0.3) is 5.56 Å². The Morgan fingerprint density at radius 3 is 2.19 bits per heavy atom. The summed E-state index contributed by atoms with van der Waals surface area (Å²) in [7, 11) is 0. The van der Waals surface area contributed by atoms with Gasteiger partial charge in [0.2, 0.25) is 0 Å². The molecule has 4 aromatic rings. The van der Waals surface area contributed by atoms with Crippen LogP contribution in [0.5, 0.6) is 0 Å². The summed E-state index contributed by atoms with van der Waals surface area (Å²) < 4.78 is 1.85. The summed E-state index contributed by atoms with van der Waals surface area (Å²) in [6, 6.07) is 15.7. The molecule has 0 saturated carbocycles. The van der Waals surface area contributed by atoms with Gasteiger partial charge in [-0.2, -0.15) is 0 Å². The Morgan fingerprint density at radius 1 is 0.885 bits per heavy atom. The second kappa shape index (κ2) is 6.84. The van der Waals surface area contributed by atoms with Crippen LogP contribution in [0.15, 0.2) is 53.3 Å². The quantitative estimate of drug-likeness (QED) is 0.410. The SMILES string of the molecule is CCN(CC)CCn1c(=O)c2nc3ccccc3nc2c2ccccc21. The number of benzene rings is 2. The van der Waals surface area contributed by atoms with Crippen LogP contribution in [0.1, 0.15) is 13.8 Å². The zero-order valence-corrected chi connectivity index (χ0v) is 15.1. The number of nitrogens with zero attached hydrogens (tertiary/aromatic N) is 4. The molecule has 0 aliphatic rings. The van der Waals surface area contributed by atoms with Gasteiger partial charge in [-0.1, -0.05) is 44.2 Å². The van der Waals surface area contributed by atoms with Gasteiger partial charge in [0, 0.05) is 18.5 Å². The second-order valence-corrected chi connectivity index (χ2v) is 6.41. The highest BCUT2D eigenvalue weighted by atomic mass is 16.1. The van der Waals surface area contributed by atoms with Crippen molar-refractivity contribution in [1.82, 2.24) is 19.4 Å². The molecule has 4 rings (SSSR count). The van der Waals surface area contributed by atoms with Gasteiger partial charge < -0.3 is 9.47 Å². The first kappa shape index (κ1) is 16.7. The molecule has 2 aromatic carbocycles. The standard InChI is InChI=1S/C21H22N4O/c1-3-24(4-2)13-14-25-18-12-8-5-9-15(18)19-20(21(25)26)23-17-11-7-6-10-16(17)22-19/h5-12H,3-4,13-14H2,1-2H3. The minimum atomic E-state index is -0.0656. The highest BCUT2D eigenvalue weighted by Crippen LogP contribution is 2.22. The van der Waals surface area contributed by atoms with Crippen molar-refractivity contribution < 1.29 is 0 Å². The number of hydrogen-bond donors (Lipinski definition) is 0. The van der Waals surface area contributed by atoms with Gasteiger partial charge in [-0.15, -0.1) is 0 Å². The van der Waals surface area contributed by atoms with Gasteiger partial charge in [0.05, 0.1) is 16.6 Å². The number of hydrogen-bond acceptors (Lipinski definition) is 4. The molecule has 5 heteroatoms. The van der Waals surface area contributed by atoms with Crippen LogP contribution in [0.2, 0.25) is 0 Å². The van der Waals surface area contributed by atoms with Crippen molar-refractivity contribution in [1.29, 1.82) is 0 Å². The molecule has 0 aliphatic heterocycles. The van der Waals surface area contributed by atoms with Crippen molar-refractivity contribution in [3.63, 3.8) is 0 Å². The fraction of sp³-hybridized carbons (Fsp3) is 0.286. The van der Waals surface area contributed by atoms with Crippen molar-refractivity contribution in [2.45, 2.75) is 20.4 Å². The van der Waals surface area contributed by atoms with E-state index < -0.39 is 0 Å². The number of pyridine rings is 1. The first-order valence-corrected chi connectivity index (χ1v) is 9.13. The maximum atomic E-state index is 13.2. The minimum absolute atomic E-state index is 0.0656. The van der Waals surface area contributed by atoms with Crippen LogP contribution in [0.4, 0.5) is 0 Å². The van der Waals surface area contributed by atoms with Gasteiger partial charge in [0.15, 0.2) is 5.52 Å². The normalized spacial score (nSPS) is 11.8. The molecule has 2 aromatic heterocycles. The summed E-state index contributed by atoms with van der Waals surface area (Å²) in [6.07, 6.45) is 0. The van der Waals surface area contributed by atoms with Crippen LogP contribution >= 0.6 is 0 Å². The number of likely N-dealkylation sites (N-methyl/N-ethyl adjacent to an activating group) is 1. The molecule has 5 nitrogen and oxygen atoms in total. The summed E-state index contributed by atoms with van der Waals surface area (Å²) in [5, 5.41) is 0.972. The highest BCUT2D eigenvalue weighted by molar-refractivity contribution is 6.04. The van der Waals surface area contributed by atoms with Crippen molar-refractivity contribution >= 4 is 33.0 Å². The van der Waals surface area contributed by atoms with Gasteiger partial charge in [-0.3, -0.25) is 4.79 Å². The van der Waals surface area contributed by atoms with Gasteiger partial charge in [0.1, 0.15) is 5.52 Å². The molecular formula is C21H22N4O. The lowest BCUT2D eigenvalue weighted by Crippen LogP contribution is -2.31. The molecule has 0 fully saturated rings. The number of para-hydroxylation sites is 3. The molecule has 0 saturated heterocycles. The summed E-state index contributed by atoms with van der Waals surface area (Å²) in [5.74, 6) is 0. The molecular weight excluding hydrogens is 324 g/mol. The molecule has 0 aliphatic carbocycles. The van der Waals surface area contributed by atoms with E-state index in [9.17, 15) is 4.79 Å². The molecule has 0 N–H and O–H groups in total. The predicted molar refractivity (Wildman–Crippen MR) is 107 cm³/mol. The number of aromatic nitrogens is 3. The van der Waals surface area contributed by atoms with Gasteiger partial charge >= 0.3 is 0 Å². The van der Waals surface area contributed by atoms with E-state index in [1.807, 2.05) is 53.1 Å². The second-order valence-electron chi connectivity index (χ2n) is 6.41. The van der Waals surface area contributed by atoms with E-state index in [-0.39, 0.29) is 5.56 Å². The van der Waals surface area contributed by atoms with Crippen LogP contribution in [-0.4, -0.2) is 39.1 Å². The van der Waals surface area contributed by atoms with E-state index in [0.717, 1.165) is 41.6 Å². The first-order valence-electron chi connectivity index (χ1n) is 9.13. The zero-order chi connectivity index (χ0) is 18.1. The predicted octanol–water partition coefficient (Wildman–Crippen LogP) is 3.44. The third-order valence-corrected chi connectivity index (χ3v) is 5.00. The average Bonchev–Trinajstić information content (AvgIpc) is 2.69.